The van der Waals surface area contributed by atoms with Crippen LogP contribution in [0.15, 0.2) is 48.8 Å². The van der Waals surface area contributed by atoms with Crippen LogP contribution >= 0.6 is 23.2 Å². The van der Waals surface area contributed by atoms with Gasteiger partial charge in [0.2, 0.25) is 11.8 Å². The van der Waals surface area contributed by atoms with Crippen molar-refractivity contribution in [2.45, 2.75) is 76.6 Å². The van der Waals surface area contributed by atoms with Crippen molar-refractivity contribution in [1.29, 1.82) is 0 Å². The second-order valence-electron chi connectivity index (χ2n) is 15.4. The van der Waals surface area contributed by atoms with Crippen LogP contribution in [0.25, 0.3) is 10.9 Å². The second kappa shape index (κ2) is 15.7. The molecule has 3 aliphatic heterocycles. The van der Waals surface area contributed by atoms with Gasteiger partial charge in [0.1, 0.15) is 18.2 Å². The van der Waals surface area contributed by atoms with Gasteiger partial charge in [-0.3, -0.25) is 34.3 Å². The Balaban J connectivity index is 0.884. The summed E-state index contributed by atoms with van der Waals surface area (Å²) < 4.78 is 27.1. The molecule has 2 N–H and O–H groups in total. The molecule has 3 unspecified atom stereocenters. The standard InChI is InChI=1S/C41H42Cl2FN7O6/c1-21-17-49(18-22(2)50(21)24-6-9-26-27(14-24)41(55)51(40(26)54)32-12-13-35(52)48-39(32)53)19-23-4-7-25(8-5-23)57-34-15-28-31(16-33(34)56-3)45-20-46-38(28)47-30-11-10-29(42)36(43)37(30)44/h6,9-11,14-16,20-23,25,32H,4-5,7-8,12-13,17-19H2,1-3H3,(H,45,46,47)(H,48,52,53). The quantitative estimate of drug-likeness (QED) is 0.136. The van der Waals surface area contributed by atoms with Crippen molar-refractivity contribution in [1.82, 2.24) is 25.1 Å². The zero-order chi connectivity index (χ0) is 40.1. The number of nitrogens with one attached hydrogen (secondary N) is 2. The molecule has 0 spiro atoms. The molecule has 4 aliphatic rings. The van der Waals surface area contributed by atoms with Crippen molar-refractivity contribution in [2.24, 2.45) is 5.92 Å². The maximum atomic E-state index is 14.9. The first-order chi connectivity index (χ1) is 27.4. The molecule has 1 aromatic heterocycles. The smallest absolute Gasteiger partial charge is 0.262 e. The number of halogens is 3. The van der Waals surface area contributed by atoms with Crippen molar-refractivity contribution >= 4 is 74.9 Å². The van der Waals surface area contributed by atoms with E-state index in [4.69, 9.17) is 32.7 Å². The summed E-state index contributed by atoms with van der Waals surface area (Å²) >= 11 is 12.0. The fraction of sp³-hybridized carbons (Fsp3) is 0.415. The van der Waals surface area contributed by atoms with E-state index < -0.39 is 35.5 Å². The van der Waals surface area contributed by atoms with Gasteiger partial charge in [-0.05, 0) is 88.3 Å². The van der Waals surface area contributed by atoms with Gasteiger partial charge >= 0.3 is 0 Å². The molecule has 3 atom stereocenters. The fourth-order valence-corrected chi connectivity index (χ4v) is 9.16. The fourth-order valence-electron chi connectivity index (χ4n) is 8.85. The first kappa shape index (κ1) is 38.8. The largest absolute Gasteiger partial charge is 0.493 e. The molecule has 13 nitrogen and oxygen atoms in total. The van der Waals surface area contributed by atoms with Crippen molar-refractivity contribution in [3.05, 3.63) is 75.8 Å². The van der Waals surface area contributed by atoms with Gasteiger partial charge in [0.05, 0.1) is 45.6 Å². The van der Waals surface area contributed by atoms with Crippen LogP contribution in [0, 0.1) is 11.7 Å². The number of carbonyl (C=O) groups is 4. The third-order valence-electron chi connectivity index (χ3n) is 11.5. The van der Waals surface area contributed by atoms with E-state index >= 15 is 0 Å². The number of rotatable bonds is 9. The van der Waals surface area contributed by atoms with Gasteiger partial charge in [-0.2, -0.15) is 0 Å². The number of ether oxygens (including phenoxy) is 2. The topological polar surface area (TPSA) is 146 Å². The lowest BCUT2D eigenvalue weighted by molar-refractivity contribution is -0.136. The van der Waals surface area contributed by atoms with Crippen LogP contribution in [-0.2, 0) is 9.59 Å². The van der Waals surface area contributed by atoms with E-state index in [1.165, 1.54) is 18.5 Å². The first-order valence-electron chi connectivity index (χ1n) is 19.2. The summed E-state index contributed by atoms with van der Waals surface area (Å²) in [4.78, 5) is 65.5. The van der Waals surface area contributed by atoms with E-state index in [0.717, 1.165) is 55.9 Å². The minimum absolute atomic E-state index is 0.0174. The number of piperidine rings is 1. The molecule has 4 heterocycles. The molecule has 2 saturated heterocycles. The molecule has 4 aromatic rings. The number of nitrogens with zero attached hydrogens (tertiary/aromatic N) is 5. The van der Waals surface area contributed by atoms with Gasteiger partial charge in [-0.15, -0.1) is 0 Å². The highest BCUT2D eigenvalue weighted by molar-refractivity contribution is 6.42. The molecular weight excluding hydrogens is 776 g/mol. The predicted molar refractivity (Wildman–Crippen MR) is 213 cm³/mol. The van der Waals surface area contributed by atoms with Crippen molar-refractivity contribution in [3.8, 4) is 11.5 Å². The first-order valence-corrected chi connectivity index (χ1v) is 19.9. The van der Waals surface area contributed by atoms with Crippen LogP contribution in [0.5, 0.6) is 11.5 Å². The average molecular weight is 819 g/mol. The van der Waals surface area contributed by atoms with Gasteiger partial charge < -0.3 is 19.7 Å². The lowest BCUT2D eigenvalue weighted by Gasteiger charge is -2.47. The highest BCUT2D eigenvalue weighted by Gasteiger charge is 2.45. The van der Waals surface area contributed by atoms with Crippen LogP contribution < -0.4 is 25.0 Å². The maximum Gasteiger partial charge on any atom is 0.262 e. The molecule has 8 rings (SSSR count). The third kappa shape index (κ3) is 7.46. The number of fused-ring (bicyclic) bond motifs is 2. The monoisotopic (exact) mass is 817 g/mol. The van der Waals surface area contributed by atoms with Crippen LogP contribution in [-0.4, -0.2) is 94.4 Å². The second-order valence-corrected chi connectivity index (χ2v) is 16.1. The Morgan fingerprint density at radius 2 is 1.63 bits per heavy atom. The lowest BCUT2D eigenvalue weighted by atomic mass is 9.86. The van der Waals surface area contributed by atoms with Gasteiger partial charge in [0.15, 0.2) is 17.3 Å². The zero-order valence-electron chi connectivity index (χ0n) is 31.7. The normalized spacial score (nSPS) is 24.1. The number of benzene rings is 3. The van der Waals surface area contributed by atoms with Crippen LogP contribution in [0.2, 0.25) is 10.0 Å². The van der Waals surface area contributed by atoms with Crippen molar-refractivity contribution < 1.29 is 33.0 Å². The number of methoxy groups -OCH3 is 1. The average Bonchev–Trinajstić information content (AvgIpc) is 3.43. The highest BCUT2D eigenvalue weighted by atomic mass is 35.5. The Hall–Kier alpha value is -5.05. The Labute approximate surface area is 338 Å². The molecule has 16 heteroatoms. The summed E-state index contributed by atoms with van der Waals surface area (Å²) in [5, 5.41) is 5.83. The number of amides is 4. The lowest BCUT2D eigenvalue weighted by Crippen LogP contribution is -2.57. The summed E-state index contributed by atoms with van der Waals surface area (Å²) in [5.41, 5.74) is 2.15. The molecule has 0 radical (unpaired) electrons. The minimum atomic E-state index is -0.996. The molecule has 3 aromatic carbocycles. The highest BCUT2D eigenvalue weighted by Crippen LogP contribution is 2.39. The van der Waals surface area contributed by atoms with E-state index in [1.807, 2.05) is 12.1 Å². The molecule has 3 fully saturated rings. The number of hydrogen-bond acceptors (Lipinski definition) is 11. The summed E-state index contributed by atoms with van der Waals surface area (Å²) in [6.45, 7) is 6.99. The van der Waals surface area contributed by atoms with Gasteiger partial charge in [0.25, 0.3) is 11.8 Å². The summed E-state index contributed by atoms with van der Waals surface area (Å²) in [5.74, 6) is -0.728. The minimum Gasteiger partial charge on any atom is -0.493 e. The molecule has 1 saturated carbocycles. The van der Waals surface area contributed by atoms with Crippen LogP contribution in [0.1, 0.15) is 73.1 Å². The number of piperazine rings is 1. The predicted octanol–water partition coefficient (Wildman–Crippen LogP) is 6.77. The molecule has 0 bridgehead atoms. The molecule has 4 amide bonds. The number of hydrogen-bond donors (Lipinski definition) is 2. The van der Waals surface area contributed by atoms with E-state index in [-0.39, 0.29) is 57.9 Å². The molecule has 1 aliphatic carbocycles. The van der Waals surface area contributed by atoms with Crippen LogP contribution in [0.4, 0.5) is 21.6 Å². The van der Waals surface area contributed by atoms with Gasteiger partial charge in [-0.25, -0.2) is 14.4 Å². The summed E-state index contributed by atoms with van der Waals surface area (Å²) in [6, 6.07) is 11.2. The van der Waals surface area contributed by atoms with E-state index in [0.29, 0.717) is 34.1 Å². The Morgan fingerprint density at radius 3 is 2.35 bits per heavy atom. The third-order valence-corrected chi connectivity index (χ3v) is 12.3. The number of aromatic nitrogens is 2. The Kier molecular flexibility index (Phi) is 10.7. The van der Waals surface area contributed by atoms with E-state index in [1.54, 1.807) is 25.3 Å². The van der Waals surface area contributed by atoms with E-state index in [2.05, 4.69) is 44.2 Å². The van der Waals surface area contributed by atoms with Crippen LogP contribution in [0.3, 0.4) is 0 Å². The van der Waals surface area contributed by atoms with E-state index in [9.17, 15) is 23.6 Å². The van der Waals surface area contributed by atoms with Gasteiger partial charge in [0, 0.05) is 55.3 Å². The Bertz CT molecular complexity index is 2280. The Morgan fingerprint density at radius 1 is 0.895 bits per heavy atom. The maximum absolute atomic E-state index is 14.9. The molecule has 57 heavy (non-hydrogen) atoms. The number of carbonyl (C=O) groups excluding carboxylic acids is 4. The van der Waals surface area contributed by atoms with Crippen molar-refractivity contribution in [3.63, 3.8) is 0 Å². The zero-order valence-corrected chi connectivity index (χ0v) is 33.2. The molecule has 298 valence electrons. The molecular formula is C41H42Cl2FN7O6. The summed E-state index contributed by atoms with van der Waals surface area (Å²) in [7, 11) is 1.58. The number of imide groups is 2. The summed E-state index contributed by atoms with van der Waals surface area (Å²) in [6.07, 6.45) is 5.32. The number of anilines is 3. The van der Waals surface area contributed by atoms with Crippen molar-refractivity contribution in [2.75, 3.05) is 37.0 Å². The van der Waals surface area contributed by atoms with Gasteiger partial charge in [-0.1, -0.05) is 23.2 Å². The SMILES string of the molecule is COc1cc2ncnc(Nc3ccc(Cl)c(Cl)c3F)c2cc1OC1CCC(CN2CC(C)N(c3ccc4c(c3)C(=O)N(C3CCC(=O)NC3=O)C4=O)C(C)C2)CC1.